The van der Waals surface area contributed by atoms with Crippen molar-refractivity contribution in [3.05, 3.63) is 102 Å². The first-order chi connectivity index (χ1) is 20.0. The summed E-state index contributed by atoms with van der Waals surface area (Å²) < 4.78 is 20.0. The molecule has 0 aromatic heterocycles. The standard InChI is InChI=1S/C29H33FNO2.C8H18.2BrH/c30-26-12-14-27(15-13-26)33-23-7-19-31-20-16-28(17-21-31,18-22-31)29(32,24-8-3-1-4-9-24)25-10-5-2-6-11-25;1-3-5-7-8-6-4-2;;/h1-6,8-15,32H,7,16-23H2;3-8H2,1-2H3;2*1H/q+1;;;/p-1. The lowest BCUT2D eigenvalue weighted by molar-refractivity contribution is -0.946. The molecule has 3 aromatic carbocycles. The normalized spacial score (nSPS) is 20.7. The van der Waals surface area contributed by atoms with Gasteiger partial charge >= 0.3 is 0 Å². The number of benzene rings is 3. The lowest BCUT2D eigenvalue weighted by atomic mass is 9.56. The number of rotatable bonds is 13. The molecule has 238 valence electrons. The number of aliphatic hydroxyl groups is 1. The zero-order valence-electron chi connectivity index (χ0n) is 26.2. The monoisotopic (exact) mass is 719 g/mol. The molecule has 0 aliphatic carbocycles. The quantitative estimate of drug-likeness (QED) is 0.162. The van der Waals surface area contributed by atoms with Gasteiger partial charge in [-0.25, -0.2) is 4.39 Å². The van der Waals surface area contributed by atoms with Crippen molar-refractivity contribution in [1.82, 2.24) is 0 Å². The first kappa shape index (κ1) is 37.5. The summed E-state index contributed by atoms with van der Waals surface area (Å²) in [4.78, 5) is 0. The van der Waals surface area contributed by atoms with Crippen molar-refractivity contribution in [1.29, 1.82) is 0 Å². The van der Waals surface area contributed by atoms with Gasteiger partial charge in [-0.2, -0.15) is 0 Å². The highest BCUT2D eigenvalue weighted by Gasteiger charge is 2.60. The number of fused-ring (bicyclic) bond motifs is 3. The van der Waals surface area contributed by atoms with Crippen molar-refractivity contribution in [3.8, 4) is 5.75 Å². The van der Waals surface area contributed by atoms with Crippen molar-refractivity contribution in [2.24, 2.45) is 5.41 Å². The molecule has 3 aliphatic rings. The molecule has 0 amide bonds. The van der Waals surface area contributed by atoms with Crippen molar-refractivity contribution in [2.45, 2.75) is 83.7 Å². The second-order valence-electron chi connectivity index (χ2n) is 12.3. The molecule has 0 unspecified atom stereocenters. The van der Waals surface area contributed by atoms with E-state index in [9.17, 15) is 9.50 Å². The van der Waals surface area contributed by atoms with Crippen molar-refractivity contribution < 1.29 is 35.7 Å². The van der Waals surface area contributed by atoms with Crippen LogP contribution in [0, 0.1) is 11.2 Å². The Hall–Kier alpha value is -1.73. The first-order valence-electron chi connectivity index (χ1n) is 16.0. The molecule has 0 saturated carbocycles. The molecule has 3 nitrogen and oxygen atoms in total. The van der Waals surface area contributed by atoms with Crippen LogP contribution < -0.4 is 21.7 Å². The van der Waals surface area contributed by atoms with E-state index >= 15 is 0 Å². The molecule has 43 heavy (non-hydrogen) atoms. The number of unbranched alkanes of at least 4 members (excludes halogenated alkanes) is 5. The predicted octanol–water partition coefficient (Wildman–Crippen LogP) is 6.48. The van der Waals surface area contributed by atoms with Crippen molar-refractivity contribution >= 4 is 17.0 Å². The van der Waals surface area contributed by atoms with Crippen molar-refractivity contribution in [2.75, 3.05) is 32.8 Å². The van der Waals surface area contributed by atoms with Gasteiger partial charge in [0.25, 0.3) is 0 Å². The second kappa shape index (κ2) is 18.3. The van der Waals surface area contributed by atoms with Gasteiger partial charge in [-0.15, -0.1) is 17.0 Å². The van der Waals surface area contributed by atoms with Crippen molar-refractivity contribution in [3.63, 3.8) is 0 Å². The van der Waals surface area contributed by atoms with Crippen LogP contribution in [-0.4, -0.2) is 42.4 Å². The van der Waals surface area contributed by atoms with Crippen LogP contribution in [-0.2, 0) is 5.60 Å². The number of hydrogen-bond donors (Lipinski definition) is 1. The highest BCUT2D eigenvalue weighted by Crippen LogP contribution is 2.57. The molecular formula is C37H52Br2FNO2. The molecule has 2 bridgehead atoms. The number of piperidine rings is 3. The van der Waals surface area contributed by atoms with Crippen LogP contribution in [0.25, 0.3) is 0 Å². The summed E-state index contributed by atoms with van der Waals surface area (Å²) in [6.07, 6.45) is 12.5. The van der Waals surface area contributed by atoms with Gasteiger partial charge in [0.2, 0.25) is 0 Å². The summed E-state index contributed by atoms with van der Waals surface area (Å²) in [5, 5.41) is 12.4. The summed E-state index contributed by atoms with van der Waals surface area (Å²) in [5.41, 5.74) is 0.898. The Morgan fingerprint density at radius 2 is 1.19 bits per heavy atom. The van der Waals surface area contributed by atoms with E-state index in [2.05, 4.69) is 38.1 Å². The highest BCUT2D eigenvalue weighted by atomic mass is 79.9. The van der Waals surface area contributed by atoms with E-state index in [0.717, 1.165) is 73.2 Å². The number of hydrogen-bond acceptors (Lipinski definition) is 2. The molecule has 3 aromatic rings. The van der Waals surface area contributed by atoms with E-state index < -0.39 is 5.60 Å². The average molecular weight is 722 g/mol. The minimum atomic E-state index is -0.974. The first-order valence-corrected chi connectivity index (χ1v) is 16.0. The van der Waals surface area contributed by atoms with Gasteiger partial charge in [-0.1, -0.05) is 113 Å². The predicted molar refractivity (Wildman–Crippen MR) is 178 cm³/mol. The van der Waals surface area contributed by atoms with Crippen LogP contribution in [0.2, 0.25) is 0 Å². The zero-order chi connectivity index (χ0) is 29.0. The summed E-state index contributed by atoms with van der Waals surface area (Å²) in [5.74, 6) is 0.486. The van der Waals surface area contributed by atoms with E-state index in [1.54, 1.807) is 12.1 Å². The van der Waals surface area contributed by atoms with Crippen LogP contribution >= 0.6 is 17.0 Å². The Bertz CT molecular complexity index is 1090. The SMILES string of the molecule is Br.CCCCCCCC.OC(c1ccccc1)(c1ccccc1)C12CC[N+](CCCOc3ccc(F)cc3)(CC1)CC2.[Br-]. The number of nitrogens with zero attached hydrogens (tertiary/aromatic N) is 1. The zero-order valence-corrected chi connectivity index (χ0v) is 29.5. The molecule has 3 saturated heterocycles. The van der Waals surface area contributed by atoms with Crippen LogP contribution in [0.1, 0.15) is 89.2 Å². The molecule has 3 heterocycles. The minimum absolute atomic E-state index is 0. The molecule has 0 radical (unpaired) electrons. The van der Waals surface area contributed by atoms with E-state index in [1.807, 2.05) is 36.4 Å². The largest absolute Gasteiger partial charge is 1.00 e. The summed E-state index contributed by atoms with van der Waals surface area (Å²) in [6, 6.07) is 26.8. The maximum atomic E-state index is 13.1. The Kier molecular flexibility index (Phi) is 15.9. The Balaban J connectivity index is 0.000000572. The molecule has 6 heteroatoms. The molecule has 1 N–H and O–H groups in total. The third-order valence-electron chi connectivity index (χ3n) is 9.66. The lowest BCUT2D eigenvalue weighted by Gasteiger charge is -2.60. The van der Waals surface area contributed by atoms with Gasteiger partial charge in [0, 0.05) is 31.1 Å². The van der Waals surface area contributed by atoms with Crippen LogP contribution in [0.3, 0.4) is 0 Å². The Morgan fingerprint density at radius 1 is 0.721 bits per heavy atom. The van der Waals surface area contributed by atoms with E-state index in [4.69, 9.17) is 4.74 Å². The fourth-order valence-electron chi connectivity index (χ4n) is 7.05. The molecule has 3 fully saturated rings. The fraction of sp³-hybridized carbons (Fsp3) is 0.514. The maximum absolute atomic E-state index is 13.1. The van der Waals surface area contributed by atoms with Gasteiger partial charge in [0.05, 0.1) is 32.8 Å². The summed E-state index contributed by atoms with van der Waals surface area (Å²) >= 11 is 0. The minimum Gasteiger partial charge on any atom is -1.00 e. The summed E-state index contributed by atoms with van der Waals surface area (Å²) in [7, 11) is 0. The Labute approximate surface area is 281 Å². The van der Waals surface area contributed by atoms with E-state index in [-0.39, 0.29) is 45.2 Å². The van der Waals surface area contributed by atoms with Gasteiger partial charge in [0.15, 0.2) is 0 Å². The number of halogens is 3. The lowest BCUT2D eigenvalue weighted by Crippen LogP contribution is -3.00. The van der Waals surface area contributed by atoms with Gasteiger partial charge in [-0.05, 0) is 35.4 Å². The Morgan fingerprint density at radius 3 is 1.63 bits per heavy atom. The average Bonchev–Trinajstić information content (AvgIpc) is 3.04. The molecule has 6 rings (SSSR count). The van der Waals surface area contributed by atoms with Gasteiger partial charge in [-0.3, -0.25) is 0 Å². The highest BCUT2D eigenvalue weighted by molar-refractivity contribution is 8.93. The number of quaternary nitrogens is 1. The second-order valence-corrected chi connectivity index (χ2v) is 12.3. The molecule has 3 aliphatic heterocycles. The third-order valence-corrected chi connectivity index (χ3v) is 9.66. The maximum Gasteiger partial charge on any atom is 0.123 e. The fourth-order valence-corrected chi connectivity index (χ4v) is 7.05. The molecular weight excluding hydrogens is 669 g/mol. The smallest absolute Gasteiger partial charge is 0.123 e. The molecule has 0 atom stereocenters. The van der Waals surface area contributed by atoms with Crippen LogP contribution in [0.5, 0.6) is 5.75 Å². The van der Waals surface area contributed by atoms with E-state index in [1.165, 1.54) is 50.7 Å². The van der Waals surface area contributed by atoms with Gasteiger partial charge < -0.3 is 31.3 Å². The van der Waals surface area contributed by atoms with Crippen LogP contribution in [0.4, 0.5) is 4.39 Å². The molecule has 0 spiro atoms. The van der Waals surface area contributed by atoms with Crippen LogP contribution in [0.15, 0.2) is 84.9 Å². The topological polar surface area (TPSA) is 29.5 Å². The van der Waals surface area contributed by atoms with Gasteiger partial charge in [0.1, 0.15) is 17.2 Å². The number of ether oxygens (including phenoxy) is 1. The van der Waals surface area contributed by atoms with E-state index in [0.29, 0.717) is 6.61 Å². The summed E-state index contributed by atoms with van der Waals surface area (Å²) in [6.45, 7) is 9.54. The third kappa shape index (κ3) is 9.39.